The fourth-order valence-electron chi connectivity index (χ4n) is 2.81. The zero-order valence-corrected chi connectivity index (χ0v) is 12.2. The molecule has 0 radical (unpaired) electrons. The van der Waals surface area contributed by atoms with Gasteiger partial charge in [0, 0.05) is 12.2 Å². The SMILES string of the molecule is COC(=O)c1c(N)cccc1CN1CCCCCCC1. The summed E-state index contributed by atoms with van der Waals surface area (Å²) in [6, 6.07) is 5.63. The molecule has 1 aromatic rings. The van der Waals surface area contributed by atoms with Crippen LogP contribution in [0.4, 0.5) is 5.69 Å². The summed E-state index contributed by atoms with van der Waals surface area (Å²) in [5, 5.41) is 0. The van der Waals surface area contributed by atoms with E-state index in [1.54, 1.807) is 6.07 Å². The van der Waals surface area contributed by atoms with Crippen molar-refractivity contribution in [2.75, 3.05) is 25.9 Å². The first-order valence-electron chi connectivity index (χ1n) is 7.40. The lowest BCUT2D eigenvalue weighted by Gasteiger charge is -2.25. The molecule has 0 amide bonds. The molecule has 0 bridgehead atoms. The van der Waals surface area contributed by atoms with Gasteiger partial charge in [0.15, 0.2) is 0 Å². The van der Waals surface area contributed by atoms with Crippen LogP contribution in [0, 0.1) is 0 Å². The van der Waals surface area contributed by atoms with Gasteiger partial charge in [-0.3, -0.25) is 4.90 Å². The zero-order chi connectivity index (χ0) is 14.4. The van der Waals surface area contributed by atoms with Gasteiger partial charge in [-0.1, -0.05) is 31.4 Å². The van der Waals surface area contributed by atoms with Crippen LogP contribution in [-0.4, -0.2) is 31.1 Å². The van der Waals surface area contributed by atoms with E-state index in [0.717, 1.165) is 25.2 Å². The molecule has 0 spiro atoms. The largest absolute Gasteiger partial charge is 0.465 e. The summed E-state index contributed by atoms with van der Waals surface area (Å²) in [7, 11) is 1.40. The van der Waals surface area contributed by atoms with E-state index in [1.807, 2.05) is 12.1 Å². The highest BCUT2D eigenvalue weighted by Crippen LogP contribution is 2.21. The van der Waals surface area contributed by atoms with Crippen molar-refractivity contribution in [3.63, 3.8) is 0 Å². The van der Waals surface area contributed by atoms with E-state index in [2.05, 4.69) is 4.90 Å². The van der Waals surface area contributed by atoms with Gasteiger partial charge in [0.25, 0.3) is 0 Å². The first-order chi connectivity index (χ1) is 9.72. The van der Waals surface area contributed by atoms with Crippen molar-refractivity contribution in [2.45, 2.75) is 38.6 Å². The number of nitrogens with zero attached hydrogens (tertiary/aromatic N) is 1. The molecule has 1 aliphatic heterocycles. The van der Waals surface area contributed by atoms with Crippen LogP contribution < -0.4 is 5.73 Å². The molecule has 4 heteroatoms. The molecule has 0 unspecified atom stereocenters. The number of carbonyl (C=O) groups is 1. The van der Waals surface area contributed by atoms with E-state index >= 15 is 0 Å². The van der Waals surface area contributed by atoms with E-state index in [4.69, 9.17) is 10.5 Å². The highest BCUT2D eigenvalue weighted by molar-refractivity contribution is 5.96. The Labute approximate surface area is 120 Å². The van der Waals surface area contributed by atoms with Crippen LogP contribution in [-0.2, 0) is 11.3 Å². The Morgan fingerprint density at radius 3 is 2.50 bits per heavy atom. The zero-order valence-electron chi connectivity index (χ0n) is 12.2. The topological polar surface area (TPSA) is 55.6 Å². The predicted octanol–water partition coefficient (Wildman–Crippen LogP) is 2.82. The molecule has 2 N–H and O–H groups in total. The number of hydrogen-bond acceptors (Lipinski definition) is 4. The first-order valence-corrected chi connectivity index (χ1v) is 7.40. The molecule has 1 aromatic carbocycles. The van der Waals surface area contributed by atoms with Gasteiger partial charge < -0.3 is 10.5 Å². The second kappa shape index (κ2) is 7.29. The molecule has 110 valence electrons. The maximum Gasteiger partial charge on any atom is 0.340 e. The molecule has 20 heavy (non-hydrogen) atoms. The Hall–Kier alpha value is -1.55. The number of rotatable bonds is 3. The quantitative estimate of drug-likeness (QED) is 0.681. The Balaban J connectivity index is 2.15. The number of methoxy groups -OCH3 is 1. The summed E-state index contributed by atoms with van der Waals surface area (Å²) < 4.78 is 4.85. The van der Waals surface area contributed by atoms with Gasteiger partial charge >= 0.3 is 5.97 Å². The fraction of sp³-hybridized carbons (Fsp3) is 0.562. The van der Waals surface area contributed by atoms with Crippen LogP contribution in [0.1, 0.15) is 48.0 Å². The number of nitrogens with two attached hydrogens (primary N) is 1. The average molecular weight is 276 g/mol. The smallest absolute Gasteiger partial charge is 0.340 e. The van der Waals surface area contributed by atoms with Crippen LogP contribution in [0.15, 0.2) is 18.2 Å². The van der Waals surface area contributed by atoms with E-state index in [1.165, 1.54) is 39.2 Å². The summed E-state index contributed by atoms with van der Waals surface area (Å²) in [6.45, 7) is 2.96. The molecule has 1 heterocycles. The molecular formula is C16H24N2O2. The van der Waals surface area contributed by atoms with Gasteiger partial charge in [0.1, 0.15) is 0 Å². The Bertz CT molecular complexity index is 452. The second-order valence-electron chi connectivity index (χ2n) is 5.42. The molecule has 0 saturated carbocycles. The molecule has 0 atom stereocenters. The van der Waals surface area contributed by atoms with Crippen LogP contribution in [0.2, 0.25) is 0 Å². The normalized spacial score (nSPS) is 17.2. The third-order valence-electron chi connectivity index (χ3n) is 3.92. The molecule has 1 saturated heterocycles. The van der Waals surface area contributed by atoms with Crippen molar-refractivity contribution in [3.05, 3.63) is 29.3 Å². The molecule has 2 rings (SSSR count). The first kappa shape index (κ1) is 14.9. The number of carbonyl (C=O) groups excluding carboxylic acids is 1. The van der Waals surface area contributed by atoms with Crippen molar-refractivity contribution in [2.24, 2.45) is 0 Å². The number of likely N-dealkylation sites (tertiary alicyclic amines) is 1. The van der Waals surface area contributed by atoms with Gasteiger partial charge in [0.2, 0.25) is 0 Å². The van der Waals surface area contributed by atoms with Crippen molar-refractivity contribution in [1.82, 2.24) is 4.90 Å². The minimum absolute atomic E-state index is 0.342. The van der Waals surface area contributed by atoms with E-state index in [9.17, 15) is 4.79 Å². The van der Waals surface area contributed by atoms with Crippen molar-refractivity contribution >= 4 is 11.7 Å². The summed E-state index contributed by atoms with van der Waals surface area (Å²) in [5.74, 6) is -0.342. The lowest BCUT2D eigenvalue weighted by atomic mass is 10.0. The average Bonchev–Trinajstić information content (AvgIpc) is 2.41. The third-order valence-corrected chi connectivity index (χ3v) is 3.92. The Morgan fingerprint density at radius 1 is 1.20 bits per heavy atom. The monoisotopic (exact) mass is 276 g/mol. The van der Waals surface area contributed by atoms with Crippen molar-refractivity contribution in [1.29, 1.82) is 0 Å². The Morgan fingerprint density at radius 2 is 1.85 bits per heavy atom. The summed E-state index contributed by atoms with van der Waals surface area (Å²) in [5.41, 5.74) is 7.94. The number of nitrogen functional groups attached to an aromatic ring is 1. The molecule has 4 nitrogen and oxygen atoms in total. The number of ether oxygens (including phenoxy) is 1. The number of hydrogen-bond donors (Lipinski definition) is 1. The number of esters is 1. The minimum atomic E-state index is -0.342. The predicted molar refractivity (Wildman–Crippen MR) is 80.6 cm³/mol. The summed E-state index contributed by atoms with van der Waals surface area (Å²) in [6.07, 6.45) is 6.42. The summed E-state index contributed by atoms with van der Waals surface area (Å²) in [4.78, 5) is 14.3. The number of benzene rings is 1. The Kier molecular flexibility index (Phi) is 5.41. The standard InChI is InChI=1S/C16H24N2O2/c1-20-16(19)15-13(8-7-9-14(15)17)12-18-10-5-3-2-4-6-11-18/h7-9H,2-6,10-12,17H2,1H3. The van der Waals surface area contributed by atoms with Gasteiger partial charge in [0.05, 0.1) is 12.7 Å². The van der Waals surface area contributed by atoms with Crippen molar-refractivity contribution < 1.29 is 9.53 Å². The molecule has 1 fully saturated rings. The highest BCUT2D eigenvalue weighted by Gasteiger charge is 2.17. The van der Waals surface area contributed by atoms with Gasteiger partial charge in [-0.25, -0.2) is 4.79 Å². The molecule has 0 aromatic heterocycles. The van der Waals surface area contributed by atoms with Crippen LogP contribution in [0.3, 0.4) is 0 Å². The number of anilines is 1. The van der Waals surface area contributed by atoms with E-state index in [-0.39, 0.29) is 5.97 Å². The molecule has 0 aliphatic carbocycles. The molecular weight excluding hydrogens is 252 g/mol. The maximum atomic E-state index is 11.9. The highest BCUT2D eigenvalue weighted by atomic mass is 16.5. The van der Waals surface area contributed by atoms with Gasteiger partial charge in [-0.2, -0.15) is 0 Å². The van der Waals surface area contributed by atoms with E-state index in [0.29, 0.717) is 11.3 Å². The fourth-order valence-corrected chi connectivity index (χ4v) is 2.81. The van der Waals surface area contributed by atoms with Gasteiger partial charge in [-0.05, 0) is 37.6 Å². The van der Waals surface area contributed by atoms with Crippen molar-refractivity contribution in [3.8, 4) is 0 Å². The van der Waals surface area contributed by atoms with Crippen LogP contribution in [0.25, 0.3) is 0 Å². The van der Waals surface area contributed by atoms with E-state index < -0.39 is 0 Å². The van der Waals surface area contributed by atoms with Gasteiger partial charge in [-0.15, -0.1) is 0 Å². The van der Waals surface area contributed by atoms with Crippen LogP contribution >= 0.6 is 0 Å². The maximum absolute atomic E-state index is 11.9. The summed E-state index contributed by atoms with van der Waals surface area (Å²) >= 11 is 0. The minimum Gasteiger partial charge on any atom is -0.465 e. The third kappa shape index (κ3) is 3.73. The second-order valence-corrected chi connectivity index (χ2v) is 5.42. The lowest BCUT2D eigenvalue weighted by molar-refractivity contribution is 0.0599. The lowest BCUT2D eigenvalue weighted by Crippen LogP contribution is -2.28. The molecule has 1 aliphatic rings. The van der Waals surface area contributed by atoms with Crippen LogP contribution in [0.5, 0.6) is 0 Å².